The van der Waals surface area contributed by atoms with Gasteiger partial charge in [0.15, 0.2) is 4.83 Å². The fraction of sp³-hybridized carbons (Fsp3) is 0.400. The smallest absolute Gasteiger partial charge is 0.432 e. The second-order valence-corrected chi connectivity index (χ2v) is 3.71. The molecule has 74 valence electrons. The molecule has 0 saturated heterocycles. The molecule has 1 heterocycles. The van der Waals surface area contributed by atoms with E-state index < -0.39 is 22.8 Å². The summed E-state index contributed by atoms with van der Waals surface area (Å²) in [6, 6.07) is 0. The number of amides is 1. The summed E-state index contributed by atoms with van der Waals surface area (Å²) in [5.74, 6) is 0. The predicted octanol–water partition coefficient (Wildman–Crippen LogP) is 2.64. The zero-order valence-corrected chi connectivity index (χ0v) is 7.45. The highest BCUT2D eigenvalue weighted by Crippen LogP contribution is 2.41. The van der Waals surface area contributed by atoms with Crippen molar-refractivity contribution in [3.05, 3.63) is 11.1 Å². The Morgan fingerprint density at radius 3 is 2.54 bits per heavy atom. The number of halogens is 4. The molecule has 0 radical (unpaired) electrons. The van der Waals surface area contributed by atoms with E-state index in [0.717, 1.165) is 0 Å². The molecule has 0 aromatic heterocycles. The van der Waals surface area contributed by atoms with Crippen molar-refractivity contribution < 1.29 is 23.1 Å². The minimum absolute atomic E-state index is 0.0756. The van der Waals surface area contributed by atoms with Crippen LogP contribution in [0.1, 0.15) is 0 Å². The quantitative estimate of drug-likeness (QED) is 0.517. The van der Waals surface area contributed by atoms with Gasteiger partial charge in [0.2, 0.25) is 0 Å². The highest BCUT2D eigenvalue weighted by molar-refractivity contribution is 8.04. The van der Waals surface area contributed by atoms with Gasteiger partial charge in [0.25, 0.3) is 0 Å². The molecule has 1 rings (SSSR count). The Kier molecular flexibility index (Phi) is 2.67. The van der Waals surface area contributed by atoms with Crippen LogP contribution in [0, 0.1) is 0 Å². The first-order valence-corrected chi connectivity index (χ1v) is 4.31. The Morgan fingerprint density at radius 2 is 2.23 bits per heavy atom. The van der Waals surface area contributed by atoms with Crippen molar-refractivity contribution >= 4 is 29.5 Å². The van der Waals surface area contributed by atoms with Gasteiger partial charge in [0.1, 0.15) is 5.70 Å². The van der Waals surface area contributed by atoms with Gasteiger partial charge in [-0.3, -0.25) is 0 Å². The number of hydrogen-bond donors (Lipinski definition) is 1. The lowest BCUT2D eigenvalue weighted by atomic mass is 10.4. The third-order valence-electron chi connectivity index (χ3n) is 1.25. The maximum Gasteiger partial charge on any atom is 0.432 e. The number of nitrogens with zero attached hydrogens (tertiary/aromatic N) is 1. The van der Waals surface area contributed by atoms with Crippen LogP contribution in [0.2, 0.25) is 0 Å². The number of thioether (sulfide) groups is 1. The molecule has 1 atom stereocenters. The molecule has 0 aromatic rings. The molecule has 8 heteroatoms. The summed E-state index contributed by atoms with van der Waals surface area (Å²) in [7, 11) is 0. The van der Waals surface area contributed by atoms with Gasteiger partial charge in [-0.2, -0.15) is 13.2 Å². The van der Waals surface area contributed by atoms with Crippen LogP contribution >= 0.6 is 23.4 Å². The van der Waals surface area contributed by atoms with Gasteiger partial charge in [0.05, 0.1) is 0 Å². The van der Waals surface area contributed by atoms with Crippen molar-refractivity contribution in [3.63, 3.8) is 0 Å². The lowest BCUT2D eigenvalue weighted by molar-refractivity contribution is -0.107. The molecule has 0 fully saturated rings. The second kappa shape index (κ2) is 3.30. The van der Waals surface area contributed by atoms with E-state index >= 15 is 0 Å². The van der Waals surface area contributed by atoms with Gasteiger partial charge in [-0.25, -0.2) is 9.69 Å². The van der Waals surface area contributed by atoms with E-state index in [1.807, 2.05) is 0 Å². The molecule has 1 aliphatic rings. The zero-order valence-electron chi connectivity index (χ0n) is 5.88. The van der Waals surface area contributed by atoms with E-state index in [2.05, 4.69) is 0 Å². The Morgan fingerprint density at radius 1 is 1.69 bits per heavy atom. The number of rotatable bonds is 0. The first-order chi connectivity index (χ1) is 5.84. The fourth-order valence-corrected chi connectivity index (χ4v) is 1.90. The van der Waals surface area contributed by atoms with Crippen molar-refractivity contribution in [2.45, 2.75) is 11.0 Å². The number of carbonyl (C=O) groups is 1. The van der Waals surface area contributed by atoms with Crippen LogP contribution in [0.3, 0.4) is 0 Å². The van der Waals surface area contributed by atoms with Gasteiger partial charge < -0.3 is 5.11 Å². The summed E-state index contributed by atoms with van der Waals surface area (Å²) >= 11 is 5.93. The highest BCUT2D eigenvalue weighted by atomic mass is 35.5. The Hall–Kier alpha value is -0.560. The van der Waals surface area contributed by atoms with Gasteiger partial charge in [-0.1, -0.05) is 23.4 Å². The monoisotopic (exact) mass is 233 g/mol. The van der Waals surface area contributed by atoms with Crippen LogP contribution < -0.4 is 0 Å². The summed E-state index contributed by atoms with van der Waals surface area (Å²) < 4.78 is 36.3. The number of allylic oxidation sites excluding steroid dienone is 1. The van der Waals surface area contributed by atoms with Crippen LogP contribution in [-0.4, -0.2) is 27.1 Å². The summed E-state index contributed by atoms with van der Waals surface area (Å²) in [4.78, 5) is 9.19. The third-order valence-corrected chi connectivity index (χ3v) is 2.55. The molecule has 0 bridgehead atoms. The van der Waals surface area contributed by atoms with E-state index in [1.165, 1.54) is 0 Å². The van der Waals surface area contributed by atoms with Crippen LogP contribution in [0.25, 0.3) is 0 Å². The summed E-state index contributed by atoms with van der Waals surface area (Å²) in [6.45, 7) is 0. The Bertz CT molecular complexity index is 267. The zero-order chi connectivity index (χ0) is 10.2. The van der Waals surface area contributed by atoms with Gasteiger partial charge in [0, 0.05) is 5.41 Å². The van der Waals surface area contributed by atoms with E-state index in [9.17, 15) is 18.0 Å². The lowest BCUT2D eigenvalue weighted by Gasteiger charge is -2.20. The summed E-state index contributed by atoms with van der Waals surface area (Å²) in [5, 5.41) is 9.09. The van der Waals surface area contributed by atoms with Crippen molar-refractivity contribution in [2.24, 2.45) is 0 Å². The van der Waals surface area contributed by atoms with Gasteiger partial charge in [-0.15, -0.1) is 0 Å². The third kappa shape index (κ3) is 2.02. The van der Waals surface area contributed by atoms with Gasteiger partial charge >= 0.3 is 12.3 Å². The number of alkyl halides is 4. The molecule has 13 heavy (non-hydrogen) atoms. The normalized spacial score (nSPS) is 23.2. The highest BCUT2D eigenvalue weighted by Gasteiger charge is 2.46. The predicted molar refractivity (Wildman–Crippen MR) is 41.2 cm³/mol. The summed E-state index contributed by atoms with van der Waals surface area (Å²) in [5.41, 5.74) is -1.25. The number of hydrogen-bond acceptors (Lipinski definition) is 2. The maximum atomic E-state index is 12.1. The molecule has 0 aromatic carbocycles. The minimum Gasteiger partial charge on any atom is -0.465 e. The largest absolute Gasteiger partial charge is 0.465 e. The molecule has 1 unspecified atom stereocenters. The van der Waals surface area contributed by atoms with E-state index in [0.29, 0.717) is 17.2 Å². The van der Waals surface area contributed by atoms with Crippen molar-refractivity contribution in [2.75, 3.05) is 0 Å². The Labute approximate surface area is 80.1 Å². The molecule has 0 saturated carbocycles. The van der Waals surface area contributed by atoms with E-state index in [4.69, 9.17) is 16.7 Å². The molecular formula is C5H3ClF3NO2S. The SMILES string of the molecule is O=C(O)N1C(C(F)(F)F)=CSC1Cl. The minimum atomic E-state index is -4.69. The first-order valence-electron chi connectivity index (χ1n) is 2.93. The molecule has 0 spiro atoms. The first kappa shape index (κ1) is 10.5. The second-order valence-electron chi connectivity index (χ2n) is 2.08. The average Bonchev–Trinajstić information content (AvgIpc) is 2.28. The molecule has 1 aliphatic heterocycles. The molecular weight excluding hydrogens is 231 g/mol. The van der Waals surface area contributed by atoms with Crippen LogP contribution in [0.5, 0.6) is 0 Å². The number of carboxylic acid groups (broad SMARTS) is 1. The Balaban J connectivity index is 2.93. The standard InChI is InChI=1S/C5H3ClF3NO2S/c6-3-10(4(11)12)2(1-13-3)5(7,8)9/h1,3H,(H,11,12). The van der Waals surface area contributed by atoms with Crippen LogP contribution in [0.4, 0.5) is 18.0 Å². The lowest BCUT2D eigenvalue weighted by Crippen LogP contribution is -2.36. The molecule has 3 nitrogen and oxygen atoms in total. The summed E-state index contributed by atoms with van der Waals surface area (Å²) in [6.07, 6.45) is -6.40. The maximum absolute atomic E-state index is 12.1. The van der Waals surface area contributed by atoms with Crippen molar-refractivity contribution in [1.29, 1.82) is 0 Å². The van der Waals surface area contributed by atoms with E-state index in [1.54, 1.807) is 0 Å². The molecule has 1 N–H and O–H groups in total. The van der Waals surface area contributed by atoms with Gasteiger partial charge in [-0.05, 0) is 0 Å². The van der Waals surface area contributed by atoms with Crippen LogP contribution in [0.15, 0.2) is 11.1 Å². The fourth-order valence-electron chi connectivity index (χ4n) is 0.741. The molecule has 1 amide bonds. The van der Waals surface area contributed by atoms with Crippen molar-refractivity contribution in [1.82, 2.24) is 4.90 Å². The van der Waals surface area contributed by atoms with Crippen molar-refractivity contribution in [3.8, 4) is 0 Å². The molecule has 0 aliphatic carbocycles. The average molecular weight is 234 g/mol. The van der Waals surface area contributed by atoms with E-state index in [-0.39, 0.29) is 4.90 Å². The van der Waals surface area contributed by atoms with Crippen LogP contribution in [-0.2, 0) is 0 Å². The topological polar surface area (TPSA) is 40.5 Å².